The third-order valence-corrected chi connectivity index (χ3v) is 5.37. The van der Waals surface area contributed by atoms with Gasteiger partial charge in [0.1, 0.15) is 11.3 Å². The monoisotopic (exact) mass is 436 g/mol. The van der Waals surface area contributed by atoms with Crippen LogP contribution in [-0.4, -0.2) is 40.4 Å². The van der Waals surface area contributed by atoms with E-state index in [9.17, 15) is 9.59 Å². The number of para-hydroxylation sites is 2. The Morgan fingerprint density at radius 1 is 1.13 bits per heavy atom. The maximum absolute atomic E-state index is 13.0. The SMILES string of the molecule is Cc1cc(NC(=O)CN(C)C(=O)c2ccccc2CSc2nc3ccccc3o2)no1. The molecule has 0 unspecified atom stereocenters. The van der Waals surface area contributed by atoms with Gasteiger partial charge in [0.05, 0.1) is 6.54 Å². The molecule has 0 fully saturated rings. The minimum atomic E-state index is -0.359. The van der Waals surface area contributed by atoms with Gasteiger partial charge in [-0.15, -0.1) is 0 Å². The number of likely N-dealkylation sites (N-methyl/N-ethyl adjacent to an activating group) is 1. The number of benzene rings is 2. The Bertz CT molecular complexity index is 1200. The van der Waals surface area contributed by atoms with Gasteiger partial charge in [-0.3, -0.25) is 9.59 Å². The second kappa shape index (κ2) is 9.05. The molecule has 9 heteroatoms. The van der Waals surface area contributed by atoms with Gasteiger partial charge in [0, 0.05) is 24.4 Å². The minimum Gasteiger partial charge on any atom is -0.431 e. The Kier molecular flexibility index (Phi) is 6.03. The van der Waals surface area contributed by atoms with Crippen molar-refractivity contribution in [2.45, 2.75) is 17.9 Å². The van der Waals surface area contributed by atoms with E-state index in [1.807, 2.05) is 36.4 Å². The van der Waals surface area contributed by atoms with E-state index < -0.39 is 0 Å². The van der Waals surface area contributed by atoms with Crippen LogP contribution in [0.15, 0.2) is 68.8 Å². The van der Waals surface area contributed by atoms with Crippen LogP contribution < -0.4 is 5.32 Å². The molecule has 0 bridgehead atoms. The van der Waals surface area contributed by atoms with E-state index in [1.54, 1.807) is 32.2 Å². The van der Waals surface area contributed by atoms with Crippen molar-refractivity contribution >= 4 is 40.5 Å². The predicted molar refractivity (Wildman–Crippen MR) is 117 cm³/mol. The van der Waals surface area contributed by atoms with Crippen LogP contribution in [0.3, 0.4) is 0 Å². The summed E-state index contributed by atoms with van der Waals surface area (Å²) in [6.45, 7) is 1.62. The highest BCUT2D eigenvalue weighted by atomic mass is 32.2. The number of carbonyl (C=O) groups is 2. The molecular formula is C22H20N4O4S. The fourth-order valence-electron chi connectivity index (χ4n) is 3.01. The van der Waals surface area contributed by atoms with Crippen LogP contribution in [0.2, 0.25) is 0 Å². The number of amides is 2. The molecular weight excluding hydrogens is 416 g/mol. The van der Waals surface area contributed by atoms with Gasteiger partial charge in [-0.1, -0.05) is 47.3 Å². The van der Waals surface area contributed by atoms with Gasteiger partial charge < -0.3 is 19.2 Å². The topological polar surface area (TPSA) is 101 Å². The van der Waals surface area contributed by atoms with Crippen molar-refractivity contribution in [2.75, 3.05) is 18.9 Å². The van der Waals surface area contributed by atoms with Crippen LogP contribution in [0.25, 0.3) is 11.1 Å². The third kappa shape index (κ3) is 4.95. The van der Waals surface area contributed by atoms with Gasteiger partial charge in [0.25, 0.3) is 11.1 Å². The summed E-state index contributed by atoms with van der Waals surface area (Å²) in [4.78, 5) is 31.0. The summed E-state index contributed by atoms with van der Waals surface area (Å²) in [5.41, 5.74) is 2.88. The summed E-state index contributed by atoms with van der Waals surface area (Å²) in [5, 5.41) is 6.87. The fraction of sp³-hybridized carbons (Fsp3) is 0.182. The molecule has 31 heavy (non-hydrogen) atoms. The Morgan fingerprint density at radius 3 is 2.68 bits per heavy atom. The van der Waals surface area contributed by atoms with E-state index in [0.717, 1.165) is 16.7 Å². The van der Waals surface area contributed by atoms with Crippen LogP contribution in [-0.2, 0) is 10.5 Å². The Morgan fingerprint density at radius 2 is 1.90 bits per heavy atom. The number of rotatable bonds is 7. The lowest BCUT2D eigenvalue weighted by atomic mass is 10.1. The Balaban J connectivity index is 1.41. The number of carbonyl (C=O) groups excluding carboxylic acids is 2. The van der Waals surface area contributed by atoms with Gasteiger partial charge in [0.2, 0.25) is 5.91 Å². The summed E-state index contributed by atoms with van der Waals surface area (Å²) >= 11 is 1.41. The predicted octanol–water partition coefficient (Wildman–Crippen LogP) is 4.13. The number of hydrogen-bond acceptors (Lipinski definition) is 7. The van der Waals surface area contributed by atoms with E-state index >= 15 is 0 Å². The third-order valence-electron chi connectivity index (χ3n) is 4.50. The van der Waals surface area contributed by atoms with Crippen molar-refractivity contribution in [3.8, 4) is 0 Å². The van der Waals surface area contributed by atoms with Gasteiger partial charge >= 0.3 is 0 Å². The molecule has 2 amide bonds. The zero-order valence-electron chi connectivity index (χ0n) is 17.0. The van der Waals surface area contributed by atoms with Crippen molar-refractivity contribution in [3.63, 3.8) is 0 Å². The molecule has 0 saturated heterocycles. The van der Waals surface area contributed by atoms with E-state index in [0.29, 0.717) is 28.1 Å². The van der Waals surface area contributed by atoms with Crippen molar-refractivity contribution < 1.29 is 18.5 Å². The Hall–Kier alpha value is -3.59. The van der Waals surface area contributed by atoms with E-state index in [1.165, 1.54) is 16.7 Å². The summed E-state index contributed by atoms with van der Waals surface area (Å²) < 4.78 is 10.7. The molecule has 0 saturated carbocycles. The lowest BCUT2D eigenvalue weighted by Crippen LogP contribution is -2.35. The first-order valence-corrected chi connectivity index (χ1v) is 10.5. The van der Waals surface area contributed by atoms with E-state index in [4.69, 9.17) is 8.94 Å². The Labute approximate surface area is 182 Å². The highest BCUT2D eigenvalue weighted by Gasteiger charge is 2.19. The first-order valence-electron chi connectivity index (χ1n) is 9.54. The standard InChI is InChI=1S/C22H20N4O4S/c1-14-11-19(25-30-14)24-20(27)12-26(2)21(28)16-8-4-3-7-15(16)13-31-22-23-17-9-5-6-10-18(17)29-22/h3-11H,12-13H2,1-2H3,(H,24,25,27). The van der Waals surface area contributed by atoms with Gasteiger partial charge in [-0.25, -0.2) is 4.98 Å². The number of fused-ring (bicyclic) bond motifs is 1. The molecule has 2 aromatic carbocycles. The van der Waals surface area contributed by atoms with E-state index in [2.05, 4.69) is 15.5 Å². The minimum absolute atomic E-state index is 0.114. The number of oxazole rings is 1. The van der Waals surface area contributed by atoms with Crippen LogP contribution in [0, 0.1) is 6.92 Å². The number of nitrogens with one attached hydrogen (secondary N) is 1. The molecule has 158 valence electrons. The number of thioether (sulfide) groups is 1. The molecule has 0 atom stereocenters. The average Bonchev–Trinajstić information content (AvgIpc) is 3.37. The molecule has 2 heterocycles. The van der Waals surface area contributed by atoms with Crippen LogP contribution >= 0.6 is 11.8 Å². The highest BCUT2D eigenvalue weighted by molar-refractivity contribution is 7.98. The molecule has 8 nitrogen and oxygen atoms in total. The number of anilines is 1. The van der Waals surface area contributed by atoms with E-state index in [-0.39, 0.29) is 18.4 Å². The normalized spacial score (nSPS) is 10.9. The largest absolute Gasteiger partial charge is 0.431 e. The van der Waals surface area contributed by atoms with Crippen molar-refractivity contribution in [1.82, 2.24) is 15.0 Å². The smallest absolute Gasteiger partial charge is 0.257 e. The van der Waals surface area contributed by atoms with Crippen molar-refractivity contribution in [2.24, 2.45) is 0 Å². The first-order chi connectivity index (χ1) is 15.0. The number of hydrogen-bond donors (Lipinski definition) is 1. The molecule has 4 rings (SSSR count). The second-order valence-electron chi connectivity index (χ2n) is 6.93. The van der Waals surface area contributed by atoms with Crippen LogP contribution in [0.5, 0.6) is 0 Å². The molecule has 0 aliphatic rings. The lowest BCUT2D eigenvalue weighted by Gasteiger charge is -2.18. The molecule has 1 N–H and O–H groups in total. The average molecular weight is 436 g/mol. The molecule has 2 aromatic heterocycles. The number of aryl methyl sites for hydroxylation is 1. The van der Waals surface area contributed by atoms with Crippen molar-refractivity contribution in [1.29, 1.82) is 0 Å². The quantitative estimate of drug-likeness (QED) is 0.435. The zero-order valence-corrected chi connectivity index (χ0v) is 17.8. The van der Waals surface area contributed by atoms with Gasteiger partial charge in [0.15, 0.2) is 11.4 Å². The maximum Gasteiger partial charge on any atom is 0.257 e. The molecule has 0 aliphatic heterocycles. The lowest BCUT2D eigenvalue weighted by molar-refractivity contribution is -0.116. The van der Waals surface area contributed by atoms with Crippen molar-refractivity contribution in [3.05, 3.63) is 71.5 Å². The zero-order chi connectivity index (χ0) is 21.8. The highest BCUT2D eigenvalue weighted by Crippen LogP contribution is 2.27. The summed E-state index contributed by atoms with van der Waals surface area (Å²) in [7, 11) is 1.58. The molecule has 4 aromatic rings. The molecule has 0 aliphatic carbocycles. The van der Waals surface area contributed by atoms with Crippen LogP contribution in [0.4, 0.5) is 5.82 Å². The fourth-order valence-corrected chi connectivity index (χ4v) is 3.85. The summed E-state index contributed by atoms with van der Waals surface area (Å²) in [5.74, 6) is 0.804. The maximum atomic E-state index is 13.0. The van der Waals surface area contributed by atoms with Crippen LogP contribution in [0.1, 0.15) is 21.7 Å². The second-order valence-corrected chi connectivity index (χ2v) is 7.85. The first kappa shape index (κ1) is 20.7. The van der Waals surface area contributed by atoms with Gasteiger partial charge in [-0.05, 0) is 30.7 Å². The number of nitrogens with zero attached hydrogens (tertiary/aromatic N) is 3. The summed E-state index contributed by atoms with van der Waals surface area (Å²) in [6, 6.07) is 16.5. The summed E-state index contributed by atoms with van der Waals surface area (Å²) in [6.07, 6.45) is 0. The molecule has 0 spiro atoms. The van der Waals surface area contributed by atoms with Gasteiger partial charge in [-0.2, -0.15) is 0 Å². The number of aromatic nitrogens is 2. The molecule has 0 radical (unpaired) electrons.